The van der Waals surface area contributed by atoms with Crippen LogP contribution in [0.5, 0.6) is 0 Å². The van der Waals surface area contributed by atoms with E-state index in [1.165, 1.54) is 0 Å². The van der Waals surface area contributed by atoms with Gasteiger partial charge < -0.3 is 10.1 Å². The van der Waals surface area contributed by atoms with Crippen LogP contribution in [-0.2, 0) is 6.61 Å². The minimum absolute atomic E-state index is 0.0645. The Morgan fingerprint density at radius 1 is 1.60 bits per heavy atom. The molecule has 4 heteroatoms. The van der Waals surface area contributed by atoms with E-state index in [2.05, 4.69) is 4.98 Å². The van der Waals surface area contributed by atoms with Crippen molar-refractivity contribution in [1.82, 2.24) is 4.98 Å². The maximum absolute atomic E-state index is 8.67. The average Bonchev–Trinajstić information content (AvgIpc) is 1.88. The number of halogens is 1. The fourth-order valence-corrected chi connectivity index (χ4v) is 1.05. The smallest absolute Gasteiger partial charge is 0.112 e. The van der Waals surface area contributed by atoms with E-state index in [0.29, 0.717) is 15.4 Å². The summed E-state index contributed by atoms with van der Waals surface area (Å²) in [7, 11) is 0. The lowest BCUT2D eigenvalue weighted by Gasteiger charge is -1.97. The minimum atomic E-state index is -0.0645. The van der Waals surface area contributed by atoms with Gasteiger partial charge in [0, 0.05) is 5.56 Å². The summed E-state index contributed by atoms with van der Waals surface area (Å²) >= 11 is 10.4. The fraction of sp³-hybridized carbons (Fsp3) is 0.167. The standard InChI is InChI=1S/C6H6ClNOS/c7-6-4(3-9)1-2-5(10)8-6/h1-2,9H,3H2,(H,8,10). The predicted octanol–water partition coefficient (Wildman–Crippen LogP) is 1.89. The van der Waals surface area contributed by atoms with Crippen LogP contribution in [0.3, 0.4) is 0 Å². The van der Waals surface area contributed by atoms with Crippen molar-refractivity contribution < 1.29 is 5.11 Å². The molecule has 1 rings (SSSR count). The molecule has 10 heavy (non-hydrogen) atoms. The molecule has 0 radical (unpaired) electrons. The largest absolute Gasteiger partial charge is 0.392 e. The van der Waals surface area contributed by atoms with Crippen LogP contribution in [0.15, 0.2) is 12.1 Å². The molecule has 0 saturated heterocycles. The van der Waals surface area contributed by atoms with Crippen molar-refractivity contribution in [2.45, 2.75) is 6.61 Å². The van der Waals surface area contributed by atoms with Crippen LogP contribution in [0.25, 0.3) is 0 Å². The zero-order valence-corrected chi connectivity index (χ0v) is 6.67. The molecule has 1 heterocycles. The van der Waals surface area contributed by atoms with Gasteiger partial charge in [0.1, 0.15) is 9.79 Å². The van der Waals surface area contributed by atoms with Crippen LogP contribution in [0.2, 0.25) is 5.15 Å². The molecule has 0 aliphatic rings. The molecule has 0 unspecified atom stereocenters. The topological polar surface area (TPSA) is 36.0 Å². The van der Waals surface area contributed by atoms with Gasteiger partial charge in [-0.3, -0.25) is 0 Å². The number of aliphatic hydroxyl groups excluding tert-OH is 1. The second kappa shape index (κ2) is 3.14. The van der Waals surface area contributed by atoms with E-state index in [4.69, 9.17) is 28.9 Å². The molecule has 54 valence electrons. The first-order valence-electron chi connectivity index (χ1n) is 2.72. The third kappa shape index (κ3) is 1.56. The second-order valence-corrected chi connectivity index (χ2v) is 2.64. The Bertz CT molecular complexity index is 283. The van der Waals surface area contributed by atoms with Gasteiger partial charge in [-0.05, 0) is 6.07 Å². The van der Waals surface area contributed by atoms with Crippen molar-refractivity contribution in [2.24, 2.45) is 0 Å². The van der Waals surface area contributed by atoms with Crippen molar-refractivity contribution in [2.75, 3.05) is 0 Å². The molecule has 0 spiro atoms. The highest BCUT2D eigenvalue weighted by Gasteiger charge is 1.95. The molecule has 0 fully saturated rings. The van der Waals surface area contributed by atoms with Crippen LogP contribution in [0, 0.1) is 4.64 Å². The summed E-state index contributed by atoms with van der Waals surface area (Å²) in [5.41, 5.74) is 0.662. The zero-order valence-electron chi connectivity index (χ0n) is 5.10. The van der Waals surface area contributed by atoms with Crippen molar-refractivity contribution in [3.63, 3.8) is 0 Å². The van der Waals surface area contributed by atoms with Gasteiger partial charge in [-0.25, -0.2) is 0 Å². The molecule has 0 aliphatic heterocycles. The molecular weight excluding hydrogens is 170 g/mol. The maximum atomic E-state index is 8.67. The Kier molecular flexibility index (Phi) is 2.43. The van der Waals surface area contributed by atoms with Crippen molar-refractivity contribution in [3.05, 3.63) is 27.5 Å². The van der Waals surface area contributed by atoms with Crippen LogP contribution in [0.4, 0.5) is 0 Å². The van der Waals surface area contributed by atoms with Crippen molar-refractivity contribution in [1.29, 1.82) is 0 Å². The number of aliphatic hydroxyl groups is 1. The van der Waals surface area contributed by atoms with Gasteiger partial charge in [-0.15, -0.1) is 0 Å². The van der Waals surface area contributed by atoms with Gasteiger partial charge in [0.15, 0.2) is 0 Å². The van der Waals surface area contributed by atoms with E-state index < -0.39 is 0 Å². The molecule has 0 saturated carbocycles. The molecule has 0 aliphatic carbocycles. The summed E-state index contributed by atoms with van der Waals surface area (Å²) in [5, 5.41) is 9.08. The fourth-order valence-electron chi connectivity index (χ4n) is 0.602. The van der Waals surface area contributed by atoms with Crippen LogP contribution < -0.4 is 0 Å². The van der Waals surface area contributed by atoms with E-state index in [0.717, 1.165) is 0 Å². The Balaban J connectivity index is 3.19. The van der Waals surface area contributed by atoms with Crippen LogP contribution in [0.1, 0.15) is 5.56 Å². The highest BCUT2D eigenvalue weighted by Crippen LogP contribution is 2.11. The number of aromatic nitrogens is 1. The quantitative estimate of drug-likeness (QED) is 0.505. The molecule has 0 amide bonds. The Morgan fingerprint density at radius 3 is 2.80 bits per heavy atom. The number of nitrogens with one attached hydrogen (secondary N) is 1. The summed E-state index contributed by atoms with van der Waals surface area (Å²) in [4.78, 5) is 2.71. The summed E-state index contributed by atoms with van der Waals surface area (Å²) in [6.45, 7) is -0.0645. The molecule has 2 N–H and O–H groups in total. The van der Waals surface area contributed by atoms with Crippen LogP contribution >= 0.6 is 23.8 Å². The molecule has 2 nitrogen and oxygen atoms in total. The lowest BCUT2D eigenvalue weighted by Crippen LogP contribution is -1.86. The molecular formula is C6H6ClNOS. The number of rotatable bonds is 1. The van der Waals surface area contributed by atoms with E-state index in [1.54, 1.807) is 12.1 Å². The lowest BCUT2D eigenvalue weighted by atomic mass is 10.3. The highest BCUT2D eigenvalue weighted by atomic mass is 35.5. The molecule has 1 aromatic rings. The SMILES string of the molecule is OCc1ccc(=S)[nH]c1Cl. The maximum Gasteiger partial charge on any atom is 0.112 e. The summed E-state index contributed by atoms with van der Waals surface area (Å²) in [6.07, 6.45) is 0. The first-order chi connectivity index (χ1) is 4.74. The Labute approximate surface area is 68.5 Å². The summed E-state index contributed by atoms with van der Waals surface area (Å²) in [6, 6.07) is 3.38. The molecule has 0 bridgehead atoms. The minimum Gasteiger partial charge on any atom is -0.392 e. The number of pyridine rings is 1. The second-order valence-electron chi connectivity index (χ2n) is 1.82. The third-order valence-electron chi connectivity index (χ3n) is 1.12. The first-order valence-corrected chi connectivity index (χ1v) is 3.51. The van der Waals surface area contributed by atoms with Gasteiger partial charge in [0.2, 0.25) is 0 Å². The zero-order chi connectivity index (χ0) is 7.56. The normalized spacial score (nSPS) is 9.80. The monoisotopic (exact) mass is 175 g/mol. The number of hydrogen-bond acceptors (Lipinski definition) is 2. The number of aromatic amines is 1. The van der Waals surface area contributed by atoms with Gasteiger partial charge in [0.25, 0.3) is 0 Å². The number of hydrogen-bond donors (Lipinski definition) is 2. The molecule has 1 aromatic heterocycles. The highest BCUT2D eigenvalue weighted by molar-refractivity contribution is 7.71. The van der Waals surface area contributed by atoms with E-state index in [-0.39, 0.29) is 6.61 Å². The molecule has 0 aromatic carbocycles. The van der Waals surface area contributed by atoms with E-state index in [9.17, 15) is 0 Å². The van der Waals surface area contributed by atoms with Gasteiger partial charge >= 0.3 is 0 Å². The van der Waals surface area contributed by atoms with E-state index in [1.807, 2.05) is 0 Å². The third-order valence-corrected chi connectivity index (χ3v) is 1.70. The van der Waals surface area contributed by atoms with E-state index >= 15 is 0 Å². The summed E-state index contributed by atoms with van der Waals surface area (Å²) < 4.78 is 0.571. The van der Waals surface area contributed by atoms with Crippen molar-refractivity contribution in [3.8, 4) is 0 Å². The lowest BCUT2D eigenvalue weighted by molar-refractivity contribution is 0.281. The van der Waals surface area contributed by atoms with Crippen molar-refractivity contribution >= 4 is 23.8 Å². The Hall–Kier alpha value is -0.380. The molecule has 0 atom stereocenters. The van der Waals surface area contributed by atoms with Gasteiger partial charge in [-0.1, -0.05) is 29.9 Å². The van der Waals surface area contributed by atoms with Gasteiger partial charge in [0.05, 0.1) is 6.61 Å². The Morgan fingerprint density at radius 2 is 2.30 bits per heavy atom. The average molecular weight is 176 g/mol. The summed E-state index contributed by atoms with van der Waals surface area (Å²) in [5.74, 6) is 0. The first kappa shape index (κ1) is 7.72. The van der Waals surface area contributed by atoms with Crippen LogP contribution in [-0.4, -0.2) is 10.1 Å². The number of H-pyrrole nitrogens is 1. The predicted molar refractivity (Wildman–Crippen MR) is 42.6 cm³/mol. The van der Waals surface area contributed by atoms with Gasteiger partial charge in [-0.2, -0.15) is 0 Å².